The Hall–Kier alpha value is -1.51. The number of imidazole rings is 1. The fourth-order valence-corrected chi connectivity index (χ4v) is 1.30. The number of nitrogens with zero attached hydrogens (tertiary/aromatic N) is 2. The molecule has 3 nitrogen and oxygen atoms in total. The van der Waals surface area contributed by atoms with Crippen LogP contribution in [0, 0.1) is 6.92 Å². The first kappa shape index (κ1) is 10.6. The molecule has 0 aliphatic heterocycles. The van der Waals surface area contributed by atoms with Crippen molar-refractivity contribution in [3.8, 4) is 5.75 Å². The Morgan fingerprint density at radius 1 is 1.36 bits per heavy atom. The fourth-order valence-electron chi connectivity index (χ4n) is 1.30. The summed E-state index contributed by atoms with van der Waals surface area (Å²) in [5, 5.41) is 0. The second kappa shape index (κ2) is 4.65. The predicted octanol–water partition coefficient (Wildman–Crippen LogP) is 2.68. The molecule has 76 valence electrons. The number of methoxy groups -OCH3 is 1. The molecule has 0 radical (unpaired) electrons. The molecule has 0 saturated carbocycles. The Morgan fingerprint density at radius 3 is 2.71 bits per heavy atom. The van der Waals surface area contributed by atoms with Crippen molar-refractivity contribution in [2.24, 2.45) is 0 Å². The van der Waals surface area contributed by atoms with Crippen LogP contribution in [0.15, 0.2) is 24.5 Å². The molecule has 0 N–H and O–H groups in total. The van der Waals surface area contributed by atoms with Crippen molar-refractivity contribution >= 4 is 5.52 Å². The highest BCUT2D eigenvalue weighted by Gasteiger charge is 2.02. The van der Waals surface area contributed by atoms with Gasteiger partial charge in [0, 0.05) is 6.20 Å². The third kappa shape index (κ3) is 1.71. The van der Waals surface area contributed by atoms with E-state index < -0.39 is 0 Å². The lowest BCUT2D eigenvalue weighted by Crippen LogP contribution is -1.90. The van der Waals surface area contributed by atoms with Gasteiger partial charge in [0.15, 0.2) is 0 Å². The highest BCUT2D eigenvalue weighted by molar-refractivity contribution is 5.59. The van der Waals surface area contributed by atoms with Crippen molar-refractivity contribution in [2.45, 2.75) is 20.8 Å². The molecule has 2 aromatic heterocycles. The molecule has 2 aromatic rings. The third-order valence-electron chi connectivity index (χ3n) is 1.94. The quantitative estimate of drug-likeness (QED) is 0.694. The summed E-state index contributed by atoms with van der Waals surface area (Å²) in [4.78, 5) is 4.19. The Bertz CT molecular complexity index is 407. The van der Waals surface area contributed by atoms with E-state index in [0.717, 1.165) is 17.1 Å². The molecule has 3 heteroatoms. The van der Waals surface area contributed by atoms with E-state index in [9.17, 15) is 0 Å². The van der Waals surface area contributed by atoms with E-state index in [1.165, 1.54) is 0 Å². The first-order valence-electron chi connectivity index (χ1n) is 4.79. The molecule has 0 aromatic carbocycles. The van der Waals surface area contributed by atoms with E-state index in [4.69, 9.17) is 4.74 Å². The SMILES string of the molecule is CC.COc1cccn2c(C)ncc12. The minimum atomic E-state index is 0.859. The van der Waals surface area contributed by atoms with E-state index in [0.29, 0.717) is 0 Å². The molecule has 0 aliphatic carbocycles. The lowest BCUT2D eigenvalue weighted by Gasteiger charge is -2.01. The van der Waals surface area contributed by atoms with Gasteiger partial charge in [0.05, 0.1) is 13.3 Å². The normalized spacial score (nSPS) is 9.43. The van der Waals surface area contributed by atoms with Gasteiger partial charge in [-0.2, -0.15) is 0 Å². The van der Waals surface area contributed by atoms with Crippen LogP contribution in [0.1, 0.15) is 19.7 Å². The van der Waals surface area contributed by atoms with E-state index >= 15 is 0 Å². The molecule has 14 heavy (non-hydrogen) atoms. The highest BCUT2D eigenvalue weighted by atomic mass is 16.5. The van der Waals surface area contributed by atoms with Crippen molar-refractivity contribution in [3.05, 3.63) is 30.4 Å². The van der Waals surface area contributed by atoms with Crippen LogP contribution in [0.2, 0.25) is 0 Å². The number of pyridine rings is 1. The molecule has 0 amide bonds. The molecular formula is C11H16N2O. The molecule has 0 unspecified atom stereocenters. The molecule has 0 spiro atoms. The zero-order valence-corrected chi connectivity index (χ0v) is 9.11. The summed E-state index contributed by atoms with van der Waals surface area (Å²) < 4.78 is 7.18. The fraction of sp³-hybridized carbons (Fsp3) is 0.364. The van der Waals surface area contributed by atoms with Gasteiger partial charge >= 0.3 is 0 Å². The topological polar surface area (TPSA) is 26.5 Å². The van der Waals surface area contributed by atoms with Crippen LogP contribution < -0.4 is 4.74 Å². The second-order valence-corrected chi connectivity index (χ2v) is 2.64. The van der Waals surface area contributed by atoms with Crippen molar-refractivity contribution in [1.82, 2.24) is 9.38 Å². The average Bonchev–Trinajstić information content (AvgIpc) is 2.64. The van der Waals surface area contributed by atoms with Crippen LogP contribution in [-0.4, -0.2) is 16.5 Å². The van der Waals surface area contributed by atoms with E-state index in [2.05, 4.69) is 4.98 Å². The number of rotatable bonds is 1. The summed E-state index contributed by atoms with van der Waals surface area (Å²) in [6, 6.07) is 3.87. The first-order valence-corrected chi connectivity index (χ1v) is 4.79. The lowest BCUT2D eigenvalue weighted by molar-refractivity contribution is 0.418. The smallest absolute Gasteiger partial charge is 0.144 e. The minimum Gasteiger partial charge on any atom is -0.494 e. The molecule has 0 saturated heterocycles. The van der Waals surface area contributed by atoms with Gasteiger partial charge in [-0.15, -0.1) is 0 Å². The minimum absolute atomic E-state index is 0.859. The molecule has 0 atom stereocenters. The van der Waals surface area contributed by atoms with Crippen molar-refractivity contribution in [1.29, 1.82) is 0 Å². The third-order valence-corrected chi connectivity index (χ3v) is 1.94. The zero-order valence-electron chi connectivity index (χ0n) is 9.11. The van der Waals surface area contributed by atoms with E-state index in [-0.39, 0.29) is 0 Å². The predicted molar refractivity (Wildman–Crippen MR) is 57.8 cm³/mol. The van der Waals surface area contributed by atoms with Gasteiger partial charge in [0.1, 0.15) is 17.1 Å². The molecule has 0 bridgehead atoms. The lowest BCUT2D eigenvalue weighted by atomic mass is 10.4. The summed E-state index contributed by atoms with van der Waals surface area (Å²) in [6.45, 7) is 5.96. The van der Waals surface area contributed by atoms with Gasteiger partial charge in [-0.05, 0) is 19.1 Å². The maximum Gasteiger partial charge on any atom is 0.144 e. The molecule has 2 heterocycles. The Labute approximate surface area is 84.3 Å². The van der Waals surface area contributed by atoms with Crippen LogP contribution in [0.4, 0.5) is 0 Å². The molecule has 0 fully saturated rings. The van der Waals surface area contributed by atoms with Crippen LogP contribution >= 0.6 is 0 Å². The monoisotopic (exact) mass is 192 g/mol. The van der Waals surface area contributed by atoms with Crippen LogP contribution in [0.3, 0.4) is 0 Å². The van der Waals surface area contributed by atoms with Crippen molar-refractivity contribution in [2.75, 3.05) is 7.11 Å². The maximum atomic E-state index is 5.18. The van der Waals surface area contributed by atoms with E-state index in [1.54, 1.807) is 7.11 Å². The number of aryl methyl sites for hydroxylation is 1. The van der Waals surface area contributed by atoms with E-state index in [1.807, 2.05) is 49.7 Å². The van der Waals surface area contributed by atoms with Crippen molar-refractivity contribution in [3.63, 3.8) is 0 Å². The molecular weight excluding hydrogens is 176 g/mol. The summed E-state index contributed by atoms with van der Waals surface area (Å²) in [5.74, 6) is 1.84. The number of fused-ring (bicyclic) bond motifs is 1. The highest BCUT2D eigenvalue weighted by Crippen LogP contribution is 2.19. The standard InChI is InChI=1S/C9H10N2O.C2H6/c1-7-10-6-8-9(12-2)4-3-5-11(7)8;1-2/h3-6H,1-2H3;1-2H3. The van der Waals surface area contributed by atoms with Gasteiger partial charge in [-0.1, -0.05) is 13.8 Å². The number of aromatic nitrogens is 2. The largest absolute Gasteiger partial charge is 0.494 e. The number of ether oxygens (including phenoxy) is 1. The summed E-state index contributed by atoms with van der Waals surface area (Å²) in [5.41, 5.74) is 1.01. The Kier molecular flexibility index (Phi) is 3.51. The summed E-state index contributed by atoms with van der Waals surface area (Å²) in [6.07, 6.45) is 3.79. The van der Waals surface area contributed by atoms with Gasteiger partial charge < -0.3 is 9.14 Å². The maximum absolute atomic E-state index is 5.18. The Balaban J connectivity index is 0.000000461. The Morgan fingerprint density at radius 2 is 2.07 bits per heavy atom. The van der Waals surface area contributed by atoms with Crippen LogP contribution in [0.25, 0.3) is 5.52 Å². The molecule has 2 rings (SSSR count). The zero-order chi connectivity index (χ0) is 10.6. The van der Waals surface area contributed by atoms with Gasteiger partial charge in [-0.3, -0.25) is 0 Å². The van der Waals surface area contributed by atoms with Crippen molar-refractivity contribution < 1.29 is 4.74 Å². The van der Waals surface area contributed by atoms with Gasteiger partial charge in [0.2, 0.25) is 0 Å². The van der Waals surface area contributed by atoms with Gasteiger partial charge in [0.25, 0.3) is 0 Å². The second-order valence-electron chi connectivity index (χ2n) is 2.64. The van der Waals surface area contributed by atoms with Crippen LogP contribution in [0.5, 0.6) is 5.75 Å². The summed E-state index contributed by atoms with van der Waals surface area (Å²) in [7, 11) is 1.66. The number of hydrogen-bond acceptors (Lipinski definition) is 2. The average molecular weight is 192 g/mol. The van der Waals surface area contributed by atoms with Gasteiger partial charge in [-0.25, -0.2) is 4.98 Å². The number of hydrogen-bond donors (Lipinski definition) is 0. The summed E-state index contributed by atoms with van der Waals surface area (Å²) >= 11 is 0. The van der Waals surface area contributed by atoms with Crippen LogP contribution in [-0.2, 0) is 0 Å². The first-order chi connectivity index (χ1) is 6.83. The molecule has 0 aliphatic rings.